The molecule has 5 heteroatoms. The van der Waals surface area contributed by atoms with E-state index in [2.05, 4.69) is 15.9 Å². The second kappa shape index (κ2) is 3.55. The number of hydrogen-bond acceptors (Lipinski definition) is 2. The summed E-state index contributed by atoms with van der Waals surface area (Å²) in [6.45, 7) is 1.65. The first-order valence-electron chi connectivity index (χ1n) is 3.42. The highest BCUT2D eigenvalue weighted by atomic mass is 79.9. The molecule has 0 aliphatic heterocycles. The molecule has 0 radical (unpaired) electrons. The Morgan fingerprint density at radius 2 is 2.23 bits per heavy atom. The van der Waals surface area contributed by atoms with Crippen molar-refractivity contribution < 1.29 is 9.90 Å². The SMILES string of the molecule is Cc1c(Br)c(Cl)cc(N)c1C(=O)O. The number of carbonyl (C=O) groups is 1. The van der Waals surface area contributed by atoms with Gasteiger partial charge in [0.25, 0.3) is 0 Å². The van der Waals surface area contributed by atoms with Gasteiger partial charge in [0.05, 0.1) is 10.6 Å². The lowest BCUT2D eigenvalue weighted by molar-refractivity contribution is 0.0697. The summed E-state index contributed by atoms with van der Waals surface area (Å²) in [6.07, 6.45) is 0. The zero-order chi connectivity index (χ0) is 10.2. The highest BCUT2D eigenvalue weighted by molar-refractivity contribution is 9.10. The lowest BCUT2D eigenvalue weighted by Crippen LogP contribution is -2.05. The Morgan fingerprint density at radius 3 is 2.69 bits per heavy atom. The van der Waals surface area contributed by atoms with Crippen LogP contribution < -0.4 is 5.73 Å². The molecule has 0 amide bonds. The van der Waals surface area contributed by atoms with Gasteiger partial charge in [-0.05, 0) is 34.5 Å². The van der Waals surface area contributed by atoms with E-state index in [1.165, 1.54) is 6.07 Å². The number of carboxylic acid groups (broad SMARTS) is 1. The Bertz CT molecular complexity index is 379. The number of halogens is 2. The quantitative estimate of drug-likeness (QED) is 0.767. The van der Waals surface area contributed by atoms with Crippen LogP contribution in [0.2, 0.25) is 5.02 Å². The van der Waals surface area contributed by atoms with Crippen LogP contribution in [0.3, 0.4) is 0 Å². The largest absolute Gasteiger partial charge is 0.478 e. The summed E-state index contributed by atoms with van der Waals surface area (Å²) in [4.78, 5) is 10.8. The average molecular weight is 265 g/mol. The van der Waals surface area contributed by atoms with E-state index < -0.39 is 5.97 Å². The molecular weight excluding hydrogens is 257 g/mol. The van der Waals surface area contributed by atoms with E-state index in [0.29, 0.717) is 15.1 Å². The number of anilines is 1. The Hall–Kier alpha value is -0.740. The summed E-state index contributed by atoms with van der Waals surface area (Å²) in [7, 11) is 0. The Kier molecular flexibility index (Phi) is 2.83. The maximum atomic E-state index is 10.8. The van der Waals surface area contributed by atoms with Gasteiger partial charge in [-0.3, -0.25) is 0 Å². The maximum absolute atomic E-state index is 10.8. The minimum Gasteiger partial charge on any atom is -0.478 e. The highest BCUT2D eigenvalue weighted by Gasteiger charge is 2.15. The van der Waals surface area contributed by atoms with Crippen LogP contribution in [-0.4, -0.2) is 11.1 Å². The molecule has 3 nitrogen and oxygen atoms in total. The molecule has 1 rings (SSSR count). The number of rotatable bonds is 1. The summed E-state index contributed by atoms with van der Waals surface area (Å²) < 4.78 is 0.570. The molecule has 0 spiro atoms. The Labute approximate surface area is 88.6 Å². The van der Waals surface area contributed by atoms with Gasteiger partial charge in [0.2, 0.25) is 0 Å². The predicted octanol–water partition coefficient (Wildman–Crippen LogP) is 2.69. The molecule has 3 N–H and O–H groups in total. The van der Waals surface area contributed by atoms with Crippen LogP contribution in [0.15, 0.2) is 10.5 Å². The fourth-order valence-electron chi connectivity index (χ4n) is 1.06. The van der Waals surface area contributed by atoms with Crippen molar-refractivity contribution in [3.8, 4) is 0 Å². The van der Waals surface area contributed by atoms with Crippen LogP contribution >= 0.6 is 27.5 Å². The maximum Gasteiger partial charge on any atom is 0.338 e. The van der Waals surface area contributed by atoms with Gasteiger partial charge in [-0.1, -0.05) is 11.6 Å². The van der Waals surface area contributed by atoms with Crippen LogP contribution in [-0.2, 0) is 0 Å². The molecule has 0 fully saturated rings. The van der Waals surface area contributed by atoms with Gasteiger partial charge in [0.1, 0.15) is 0 Å². The Balaban J connectivity index is 3.53. The lowest BCUT2D eigenvalue weighted by atomic mass is 10.1. The zero-order valence-corrected chi connectivity index (χ0v) is 9.11. The fourth-order valence-corrected chi connectivity index (χ4v) is 1.63. The van der Waals surface area contributed by atoms with Gasteiger partial charge in [-0.15, -0.1) is 0 Å². The van der Waals surface area contributed by atoms with Crippen LogP contribution in [0, 0.1) is 6.92 Å². The monoisotopic (exact) mass is 263 g/mol. The normalized spacial score (nSPS) is 10.1. The standard InChI is InChI=1S/C8H7BrClNO2/c1-3-6(8(12)13)5(11)2-4(10)7(3)9/h2H,11H2,1H3,(H,12,13). The second-order valence-electron chi connectivity index (χ2n) is 2.57. The van der Waals surface area contributed by atoms with Gasteiger partial charge in [0, 0.05) is 10.2 Å². The van der Waals surface area contributed by atoms with Gasteiger partial charge < -0.3 is 10.8 Å². The molecule has 0 unspecified atom stereocenters. The van der Waals surface area contributed by atoms with Crippen molar-refractivity contribution in [2.45, 2.75) is 6.92 Å². The minimum absolute atomic E-state index is 0.0938. The van der Waals surface area contributed by atoms with Crippen molar-refractivity contribution in [3.05, 3.63) is 26.7 Å². The molecule has 0 saturated heterocycles. The minimum atomic E-state index is -1.05. The summed E-state index contributed by atoms with van der Waals surface area (Å²) in [5.41, 5.74) is 6.32. The molecule has 0 atom stereocenters. The van der Waals surface area contributed by atoms with E-state index in [9.17, 15) is 4.79 Å². The summed E-state index contributed by atoms with van der Waals surface area (Å²) in [6, 6.07) is 1.42. The van der Waals surface area contributed by atoms with E-state index >= 15 is 0 Å². The molecule has 0 bridgehead atoms. The number of nitrogen functional groups attached to an aromatic ring is 1. The molecule has 1 aromatic rings. The van der Waals surface area contributed by atoms with Gasteiger partial charge in [0.15, 0.2) is 0 Å². The number of nitrogens with two attached hydrogens (primary N) is 1. The average Bonchev–Trinajstić information content (AvgIpc) is 1.99. The summed E-state index contributed by atoms with van der Waals surface area (Å²) >= 11 is 8.96. The number of carboxylic acids is 1. The van der Waals surface area contributed by atoms with E-state index in [-0.39, 0.29) is 11.3 Å². The van der Waals surface area contributed by atoms with E-state index in [4.69, 9.17) is 22.4 Å². The van der Waals surface area contributed by atoms with Crippen LogP contribution in [0.5, 0.6) is 0 Å². The molecule has 0 heterocycles. The third-order valence-corrected chi connectivity index (χ3v) is 3.25. The smallest absolute Gasteiger partial charge is 0.338 e. The van der Waals surface area contributed by atoms with Crippen molar-refractivity contribution >= 4 is 39.2 Å². The number of hydrogen-bond donors (Lipinski definition) is 2. The van der Waals surface area contributed by atoms with Crippen LogP contribution in [0.4, 0.5) is 5.69 Å². The summed E-state index contributed by atoms with van der Waals surface area (Å²) in [5.74, 6) is -1.05. The summed E-state index contributed by atoms with van der Waals surface area (Å²) in [5, 5.41) is 9.23. The van der Waals surface area contributed by atoms with Crippen molar-refractivity contribution in [2.75, 3.05) is 5.73 Å². The van der Waals surface area contributed by atoms with Crippen LogP contribution in [0.1, 0.15) is 15.9 Å². The number of aromatic carboxylic acids is 1. The molecular formula is C8H7BrClNO2. The van der Waals surface area contributed by atoms with Crippen LogP contribution in [0.25, 0.3) is 0 Å². The number of benzene rings is 1. The highest BCUT2D eigenvalue weighted by Crippen LogP contribution is 2.32. The molecule has 0 aromatic heterocycles. The topological polar surface area (TPSA) is 63.3 Å². The third-order valence-electron chi connectivity index (χ3n) is 1.70. The van der Waals surface area contributed by atoms with E-state index in [1.54, 1.807) is 6.92 Å². The van der Waals surface area contributed by atoms with Crippen molar-refractivity contribution in [1.82, 2.24) is 0 Å². The van der Waals surface area contributed by atoms with Gasteiger partial charge in [-0.2, -0.15) is 0 Å². The Morgan fingerprint density at radius 1 is 1.69 bits per heavy atom. The molecule has 0 saturated carbocycles. The van der Waals surface area contributed by atoms with Gasteiger partial charge in [-0.25, -0.2) is 4.79 Å². The van der Waals surface area contributed by atoms with Crippen molar-refractivity contribution in [1.29, 1.82) is 0 Å². The van der Waals surface area contributed by atoms with E-state index in [0.717, 1.165) is 0 Å². The molecule has 1 aromatic carbocycles. The molecule has 0 aliphatic carbocycles. The molecule has 70 valence electrons. The first-order valence-corrected chi connectivity index (χ1v) is 4.59. The molecule has 0 aliphatic rings. The first-order chi connectivity index (χ1) is 5.95. The first kappa shape index (κ1) is 10.3. The third kappa shape index (κ3) is 1.78. The predicted molar refractivity (Wildman–Crippen MR) is 55.3 cm³/mol. The second-order valence-corrected chi connectivity index (χ2v) is 3.77. The van der Waals surface area contributed by atoms with Crippen molar-refractivity contribution in [2.24, 2.45) is 0 Å². The van der Waals surface area contributed by atoms with Gasteiger partial charge >= 0.3 is 5.97 Å². The lowest BCUT2D eigenvalue weighted by Gasteiger charge is -2.08. The fraction of sp³-hybridized carbons (Fsp3) is 0.125. The van der Waals surface area contributed by atoms with Crippen molar-refractivity contribution in [3.63, 3.8) is 0 Å². The van der Waals surface area contributed by atoms with E-state index in [1.807, 2.05) is 0 Å². The zero-order valence-electron chi connectivity index (χ0n) is 6.77. The molecule has 13 heavy (non-hydrogen) atoms.